The summed E-state index contributed by atoms with van der Waals surface area (Å²) in [5.41, 5.74) is 7.08. The standard InChI is InChI=1S/C20H14N4O/c1-13(14-7-9-22-10-8-14)17-11-15(3-5-18(17)21-2)16-4-6-19-20(12-16)24-25-23-19/h3-12H,1-2H2. The minimum absolute atomic E-state index is 0.720. The van der Waals surface area contributed by atoms with Crippen LogP contribution in [0, 0.1) is 0 Å². The number of rotatable bonds is 4. The number of nitrogens with zero attached hydrogens (tertiary/aromatic N) is 4. The minimum atomic E-state index is 0.720. The van der Waals surface area contributed by atoms with Crippen LogP contribution < -0.4 is 0 Å². The molecule has 0 unspecified atom stereocenters. The van der Waals surface area contributed by atoms with Crippen LogP contribution in [0.15, 0.2) is 77.1 Å². The van der Waals surface area contributed by atoms with Crippen LogP contribution >= 0.6 is 0 Å². The fourth-order valence-corrected chi connectivity index (χ4v) is 2.77. The Hall–Kier alpha value is -3.60. The van der Waals surface area contributed by atoms with Crippen molar-refractivity contribution in [3.63, 3.8) is 0 Å². The average Bonchev–Trinajstić information content (AvgIpc) is 3.15. The predicted octanol–water partition coefficient (Wildman–Crippen LogP) is 4.68. The van der Waals surface area contributed by atoms with Gasteiger partial charge >= 0.3 is 0 Å². The molecule has 0 spiro atoms. The molecular weight excluding hydrogens is 312 g/mol. The van der Waals surface area contributed by atoms with E-state index in [-0.39, 0.29) is 0 Å². The summed E-state index contributed by atoms with van der Waals surface area (Å²) in [5.74, 6) is 0. The normalized spacial score (nSPS) is 10.7. The van der Waals surface area contributed by atoms with Crippen LogP contribution in [0.4, 0.5) is 5.69 Å². The molecule has 0 aliphatic carbocycles. The average molecular weight is 326 g/mol. The van der Waals surface area contributed by atoms with Gasteiger partial charge < -0.3 is 0 Å². The zero-order valence-electron chi connectivity index (χ0n) is 13.4. The van der Waals surface area contributed by atoms with Crippen LogP contribution in [0.3, 0.4) is 0 Å². The smallest absolute Gasteiger partial charge is 0.135 e. The Bertz CT molecular complexity index is 1080. The van der Waals surface area contributed by atoms with Crippen LogP contribution in [0.2, 0.25) is 0 Å². The molecule has 0 fully saturated rings. The van der Waals surface area contributed by atoms with Crippen molar-refractivity contribution < 1.29 is 4.63 Å². The molecule has 25 heavy (non-hydrogen) atoms. The Morgan fingerprint density at radius 2 is 1.60 bits per heavy atom. The molecule has 2 aromatic carbocycles. The molecule has 0 radical (unpaired) electrons. The summed E-state index contributed by atoms with van der Waals surface area (Å²) in [6.45, 7) is 7.90. The summed E-state index contributed by atoms with van der Waals surface area (Å²) in [7, 11) is 0. The first-order valence-electron chi connectivity index (χ1n) is 7.69. The molecule has 0 aliphatic rings. The molecule has 2 aromatic heterocycles. The first-order chi connectivity index (χ1) is 12.3. The van der Waals surface area contributed by atoms with E-state index in [2.05, 4.69) is 39.7 Å². The third kappa shape index (κ3) is 2.72. The number of hydrogen-bond acceptors (Lipinski definition) is 5. The van der Waals surface area contributed by atoms with Gasteiger partial charge in [-0.2, -0.15) is 0 Å². The highest BCUT2D eigenvalue weighted by Crippen LogP contribution is 2.34. The van der Waals surface area contributed by atoms with Gasteiger partial charge in [-0.05, 0) is 75.7 Å². The van der Waals surface area contributed by atoms with Crippen LogP contribution in [-0.2, 0) is 0 Å². The van der Waals surface area contributed by atoms with E-state index in [0.717, 1.165) is 44.5 Å². The zero-order valence-corrected chi connectivity index (χ0v) is 13.4. The maximum absolute atomic E-state index is 4.77. The molecule has 0 N–H and O–H groups in total. The SMILES string of the molecule is C=Nc1ccc(-c2ccc3nonc3c2)cc1C(=C)c1ccncc1. The molecule has 0 bridgehead atoms. The molecule has 4 aromatic rings. The molecule has 0 atom stereocenters. The quantitative estimate of drug-likeness (QED) is 0.511. The van der Waals surface area contributed by atoms with Crippen molar-refractivity contribution in [3.8, 4) is 11.1 Å². The first-order valence-corrected chi connectivity index (χ1v) is 7.69. The second-order valence-corrected chi connectivity index (χ2v) is 5.57. The van der Waals surface area contributed by atoms with E-state index in [1.807, 2.05) is 42.5 Å². The first kappa shape index (κ1) is 15.0. The van der Waals surface area contributed by atoms with Gasteiger partial charge in [-0.1, -0.05) is 18.7 Å². The summed E-state index contributed by atoms with van der Waals surface area (Å²) in [4.78, 5) is 8.18. The number of aromatic nitrogens is 3. The number of benzene rings is 2. The molecule has 5 nitrogen and oxygen atoms in total. The maximum atomic E-state index is 4.77. The summed E-state index contributed by atoms with van der Waals surface area (Å²) >= 11 is 0. The van der Waals surface area contributed by atoms with E-state index in [0.29, 0.717) is 0 Å². The van der Waals surface area contributed by atoms with E-state index < -0.39 is 0 Å². The Kier molecular flexibility index (Phi) is 3.67. The molecular formula is C20H14N4O. The number of hydrogen-bond donors (Lipinski definition) is 0. The lowest BCUT2D eigenvalue weighted by molar-refractivity contribution is 0.315. The topological polar surface area (TPSA) is 64.2 Å². The van der Waals surface area contributed by atoms with E-state index in [4.69, 9.17) is 4.63 Å². The summed E-state index contributed by atoms with van der Waals surface area (Å²) in [6, 6.07) is 15.7. The monoisotopic (exact) mass is 326 g/mol. The van der Waals surface area contributed by atoms with Gasteiger partial charge in [0.2, 0.25) is 0 Å². The van der Waals surface area contributed by atoms with Crippen LogP contribution in [0.5, 0.6) is 0 Å². The molecule has 2 heterocycles. The van der Waals surface area contributed by atoms with Gasteiger partial charge in [0.25, 0.3) is 0 Å². The predicted molar refractivity (Wildman–Crippen MR) is 98.8 cm³/mol. The Morgan fingerprint density at radius 3 is 2.40 bits per heavy atom. The van der Waals surface area contributed by atoms with Crippen molar-refractivity contribution in [2.24, 2.45) is 4.99 Å². The van der Waals surface area contributed by atoms with Crippen molar-refractivity contribution >= 4 is 29.0 Å². The van der Waals surface area contributed by atoms with Gasteiger partial charge in [-0.25, -0.2) is 4.63 Å². The molecule has 5 heteroatoms. The summed E-state index contributed by atoms with van der Waals surface area (Å²) in [6.07, 6.45) is 3.49. The number of pyridine rings is 1. The van der Waals surface area contributed by atoms with Gasteiger partial charge in [-0.3, -0.25) is 9.98 Å². The van der Waals surface area contributed by atoms with E-state index >= 15 is 0 Å². The summed E-state index contributed by atoms with van der Waals surface area (Å²) < 4.78 is 4.77. The third-order valence-electron chi connectivity index (χ3n) is 4.11. The highest BCUT2D eigenvalue weighted by Gasteiger charge is 2.11. The molecule has 0 aliphatic heterocycles. The van der Waals surface area contributed by atoms with E-state index in [9.17, 15) is 0 Å². The Labute approximate surface area is 144 Å². The van der Waals surface area contributed by atoms with Crippen molar-refractivity contribution in [1.29, 1.82) is 0 Å². The van der Waals surface area contributed by atoms with Gasteiger partial charge in [0.15, 0.2) is 0 Å². The summed E-state index contributed by atoms with van der Waals surface area (Å²) in [5, 5.41) is 7.74. The molecule has 0 saturated carbocycles. The van der Waals surface area contributed by atoms with Gasteiger partial charge in [0, 0.05) is 18.0 Å². The molecule has 0 amide bonds. The lowest BCUT2D eigenvalue weighted by Gasteiger charge is -2.12. The number of aliphatic imine (C=N–C) groups is 1. The van der Waals surface area contributed by atoms with Gasteiger partial charge in [0.05, 0.1) is 5.69 Å². The maximum Gasteiger partial charge on any atom is 0.135 e. The molecule has 4 rings (SSSR count). The minimum Gasteiger partial charge on any atom is -0.265 e. The second kappa shape index (κ2) is 6.13. The third-order valence-corrected chi connectivity index (χ3v) is 4.11. The van der Waals surface area contributed by atoms with Crippen molar-refractivity contribution in [2.75, 3.05) is 0 Å². The molecule has 0 saturated heterocycles. The second-order valence-electron chi connectivity index (χ2n) is 5.57. The fraction of sp³-hybridized carbons (Fsp3) is 0. The fourth-order valence-electron chi connectivity index (χ4n) is 2.77. The zero-order chi connectivity index (χ0) is 17.2. The Morgan fingerprint density at radius 1 is 0.880 bits per heavy atom. The van der Waals surface area contributed by atoms with Crippen molar-refractivity contribution in [3.05, 3.63) is 78.6 Å². The van der Waals surface area contributed by atoms with Crippen LogP contribution in [0.1, 0.15) is 11.1 Å². The number of fused-ring (bicyclic) bond motifs is 1. The van der Waals surface area contributed by atoms with Crippen LogP contribution in [0.25, 0.3) is 27.7 Å². The van der Waals surface area contributed by atoms with Crippen molar-refractivity contribution in [2.45, 2.75) is 0 Å². The lowest BCUT2D eigenvalue weighted by Crippen LogP contribution is -1.89. The highest BCUT2D eigenvalue weighted by molar-refractivity contribution is 5.88. The van der Waals surface area contributed by atoms with Gasteiger partial charge in [-0.15, -0.1) is 0 Å². The van der Waals surface area contributed by atoms with E-state index in [1.54, 1.807) is 12.4 Å². The highest BCUT2D eigenvalue weighted by atomic mass is 16.6. The molecule has 120 valence electrons. The van der Waals surface area contributed by atoms with Crippen molar-refractivity contribution in [1.82, 2.24) is 15.3 Å². The Balaban J connectivity index is 1.83. The van der Waals surface area contributed by atoms with E-state index in [1.165, 1.54) is 0 Å². The largest absolute Gasteiger partial charge is 0.265 e. The van der Waals surface area contributed by atoms with Gasteiger partial charge in [0.1, 0.15) is 11.0 Å². The lowest BCUT2D eigenvalue weighted by atomic mass is 9.94. The van der Waals surface area contributed by atoms with Crippen LogP contribution in [-0.4, -0.2) is 22.0 Å².